The molecule has 0 bridgehead atoms. The van der Waals surface area contributed by atoms with Gasteiger partial charge in [-0.15, -0.1) is 0 Å². The summed E-state index contributed by atoms with van der Waals surface area (Å²) in [6, 6.07) is 3.46. The monoisotopic (exact) mass is 421 g/mol. The second kappa shape index (κ2) is 7.31. The number of carbonyl (C=O) groups is 1. The zero-order chi connectivity index (χ0) is 20.0. The molecule has 0 atom stereocenters. The molecule has 1 aromatic heterocycles. The highest BCUT2D eigenvalue weighted by molar-refractivity contribution is 6.32. The molecule has 3 aliphatic rings. The Morgan fingerprint density at radius 3 is 2.61 bits per heavy atom. The number of hydrogen-bond acceptors (Lipinski definition) is 6. The molecule has 0 N–H and O–H groups in total. The third kappa shape index (κ3) is 3.23. The van der Waals surface area contributed by atoms with Crippen molar-refractivity contribution >= 4 is 29.1 Å². The fraction of sp³-hybridized carbons (Fsp3) is 0.368. The van der Waals surface area contributed by atoms with E-state index in [0.29, 0.717) is 29.2 Å². The third-order valence-electron chi connectivity index (χ3n) is 4.98. The predicted octanol–water partition coefficient (Wildman–Crippen LogP) is 3.16. The Hall–Kier alpha value is -2.22. The van der Waals surface area contributed by atoms with Crippen LogP contribution >= 0.6 is 23.2 Å². The quantitative estimate of drug-likeness (QED) is 0.695. The summed E-state index contributed by atoms with van der Waals surface area (Å²) in [7, 11) is 1.59. The van der Waals surface area contributed by atoms with Crippen LogP contribution in [-0.4, -0.2) is 57.5 Å². The van der Waals surface area contributed by atoms with Gasteiger partial charge in [-0.3, -0.25) is 19.4 Å². The molecule has 0 aromatic carbocycles. The van der Waals surface area contributed by atoms with Crippen LogP contribution in [0.15, 0.2) is 47.2 Å². The average molecular weight is 422 g/mol. The maximum atomic E-state index is 13.4. The number of pyridine rings is 1. The van der Waals surface area contributed by atoms with E-state index in [0.717, 1.165) is 30.2 Å². The van der Waals surface area contributed by atoms with Gasteiger partial charge in [0.15, 0.2) is 0 Å². The molecule has 0 saturated heterocycles. The van der Waals surface area contributed by atoms with Crippen molar-refractivity contribution in [1.29, 1.82) is 0 Å². The van der Waals surface area contributed by atoms with Gasteiger partial charge in [0.25, 0.3) is 5.91 Å². The van der Waals surface area contributed by atoms with Crippen LogP contribution in [0.5, 0.6) is 0 Å². The zero-order valence-electron chi connectivity index (χ0n) is 15.9. The number of allylic oxidation sites excluding steroid dienone is 1. The van der Waals surface area contributed by atoms with Crippen LogP contribution in [-0.2, 0) is 16.2 Å². The summed E-state index contributed by atoms with van der Waals surface area (Å²) in [6.45, 7) is 6.66. The number of fused-ring (bicyclic) bond motifs is 2. The molecule has 4 heterocycles. The largest absolute Gasteiger partial charge is 0.352 e. The van der Waals surface area contributed by atoms with E-state index in [9.17, 15) is 4.79 Å². The summed E-state index contributed by atoms with van der Waals surface area (Å²) >= 11 is 12.1. The van der Waals surface area contributed by atoms with Crippen LogP contribution in [0.3, 0.4) is 0 Å². The first kappa shape index (κ1) is 19.1. The van der Waals surface area contributed by atoms with Crippen LogP contribution in [0.2, 0.25) is 10.3 Å². The van der Waals surface area contributed by atoms with Crippen molar-refractivity contribution in [2.24, 2.45) is 0 Å². The van der Waals surface area contributed by atoms with Crippen molar-refractivity contribution in [3.8, 4) is 0 Å². The Bertz CT molecular complexity index is 907. The van der Waals surface area contributed by atoms with E-state index in [1.807, 2.05) is 4.90 Å². The summed E-state index contributed by atoms with van der Waals surface area (Å²) in [4.78, 5) is 28.8. The van der Waals surface area contributed by atoms with Gasteiger partial charge < -0.3 is 4.90 Å². The minimum atomic E-state index is -0.0932. The number of hydroxylamine groups is 2. The number of aromatic nitrogens is 1. The van der Waals surface area contributed by atoms with E-state index in [-0.39, 0.29) is 5.91 Å². The number of amides is 1. The van der Waals surface area contributed by atoms with Crippen molar-refractivity contribution in [1.82, 2.24) is 24.7 Å². The highest BCUT2D eigenvalue weighted by Gasteiger charge is 2.42. The number of nitrogens with zero attached hydrogens (tertiary/aromatic N) is 5. The zero-order valence-corrected chi connectivity index (χ0v) is 17.5. The Morgan fingerprint density at radius 2 is 1.96 bits per heavy atom. The van der Waals surface area contributed by atoms with E-state index in [1.165, 1.54) is 5.57 Å². The van der Waals surface area contributed by atoms with Gasteiger partial charge in [-0.05, 0) is 37.6 Å². The molecular weight excluding hydrogens is 401 g/mol. The molecule has 0 spiro atoms. The normalized spacial score (nSPS) is 19.1. The Kier molecular flexibility index (Phi) is 4.99. The number of carbonyl (C=O) groups excluding carboxylic acids is 1. The fourth-order valence-electron chi connectivity index (χ4n) is 3.77. The minimum Gasteiger partial charge on any atom is -0.352 e. The lowest BCUT2D eigenvalue weighted by Crippen LogP contribution is -2.49. The second-order valence-electron chi connectivity index (χ2n) is 6.91. The van der Waals surface area contributed by atoms with Crippen LogP contribution in [0.4, 0.5) is 0 Å². The minimum absolute atomic E-state index is 0.0932. The molecule has 7 nitrogen and oxygen atoms in total. The first-order valence-corrected chi connectivity index (χ1v) is 9.77. The number of rotatable bonds is 4. The Labute approximate surface area is 174 Å². The maximum Gasteiger partial charge on any atom is 0.277 e. The first-order valence-electron chi connectivity index (χ1n) is 9.01. The molecule has 9 heteroatoms. The summed E-state index contributed by atoms with van der Waals surface area (Å²) in [5.41, 5.74) is 3.47. The third-order valence-corrected chi connectivity index (χ3v) is 5.37. The van der Waals surface area contributed by atoms with Crippen molar-refractivity contribution in [3.63, 3.8) is 0 Å². The molecule has 0 radical (unpaired) electrons. The number of halogens is 2. The molecule has 1 amide bonds. The molecule has 0 saturated carbocycles. The predicted molar refractivity (Wildman–Crippen MR) is 106 cm³/mol. The summed E-state index contributed by atoms with van der Waals surface area (Å²) in [5, 5.41) is 2.26. The van der Waals surface area contributed by atoms with E-state index in [4.69, 9.17) is 28.0 Å². The van der Waals surface area contributed by atoms with Gasteiger partial charge in [0.05, 0.1) is 25.6 Å². The van der Waals surface area contributed by atoms with Gasteiger partial charge in [-0.1, -0.05) is 28.8 Å². The number of hydrogen-bond donors (Lipinski definition) is 0. The standard InChI is InChI=1S/C19H21Cl2N5O2/c1-4-23-8-12(2)5-14-18(23)26-11-24(28-3)10-15(26)19(27)25(14)9-13-6-16(20)22-17(21)7-13/h5-7,10H,4,8-9,11H2,1-3H3. The summed E-state index contributed by atoms with van der Waals surface area (Å²) in [6.07, 6.45) is 3.82. The van der Waals surface area contributed by atoms with Gasteiger partial charge in [-0.2, -0.15) is 0 Å². The van der Waals surface area contributed by atoms with Crippen LogP contribution in [0.1, 0.15) is 19.4 Å². The van der Waals surface area contributed by atoms with Crippen LogP contribution < -0.4 is 0 Å². The molecular formula is C19H21Cl2N5O2. The lowest BCUT2D eigenvalue weighted by molar-refractivity contribution is -0.129. The smallest absolute Gasteiger partial charge is 0.277 e. The highest BCUT2D eigenvalue weighted by atomic mass is 35.5. The molecule has 148 valence electrons. The van der Waals surface area contributed by atoms with Gasteiger partial charge in [0.1, 0.15) is 28.5 Å². The van der Waals surface area contributed by atoms with Crippen molar-refractivity contribution in [2.45, 2.75) is 20.4 Å². The van der Waals surface area contributed by atoms with E-state index in [2.05, 4.69) is 29.8 Å². The van der Waals surface area contributed by atoms with Crippen molar-refractivity contribution in [3.05, 3.63) is 63.1 Å². The van der Waals surface area contributed by atoms with E-state index in [1.54, 1.807) is 35.4 Å². The van der Waals surface area contributed by atoms with Gasteiger partial charge in [0.2, 0.25) is 0 Å². The summed E-state index contributed by atoms with van der Waals surface area (Å²) < 4.78 is 0. The molecule has 28 heavy (non-hydrogen) atoms. The highest BCUT2D eigenvalue weighted by Crippen LogP contribution is 2.38. The molecule has 0 fully saturated rings. The summed E-state index contributed by atoms with van der Waals surface area (Å²) in [5.74, 6) is 0.911. The number of likely N-dealkylation sites (N-methyl/N-ethyl adjacent to an activating group) is 1. The lowest BCUT2D eigenvalue weighted by Gasteiger charge is -2.44. The first-order chi connectivity index (χ1) is 13.4. The van der Waals surface area contributed by atoms with Crippen LogP contribution in [0, 0.1) is 0 Å². The lowest BCUT2D eigenvalue weighted by atomic mass is 10.1. The van der Waals surface area contributed by atoms with Crippen molar-refractivity contribution < 1.29 is 9.63 Å². The molecule has 0 unspecified atom stereocenters. The van der Waals surface area contributed by atoms with Gasteiger partial charge >= 0.3 is 0 Å². The van der Waals surface area contributed by atoms with Gasteiger partial charge in [0, 0.05) is 13.1 Å². The molecule has 0 aliphatic carbocycles. The van der Waals surface area contributed by atoms with Crippen molar-refractivity contribution in [2.75, 3.05) is 26.9 Å². The molecule has 3 aliphatic heterocycles. The average Bonchev–Trinajstić information content (AvgIpc) is 3.08. The van der Waals surface area contributed by atoms with E-state index < -0.39 is 0 Å². The molecule has 1 aromatic rings. The molecule has 4 rings (SSSR count). The fourth-order valence-corrected chi connectivity index (χ4v) is 4.27. The van der Waals surface area contributed by atoms with Crippen LogP contribution in [0.25, 0.3) is 0 Å². The maximum absolute atomic E-state index is 13.4. The van der Waals surface area contributed by atoms with E-state index >= 15 is 0 Å². The SMILES string of the molecule is CCN1CC(C)=CC2=C1N1CN(OC)C=C1C(=O)N2Cc1cc(Cl)nc(Cl)c1. The second-order valence-corrected chi connectivity index (χ2v) is 7.68. The Morgan fingerprint density at radius 1 is 1.25 bits per heavy atom. The topological polar surface area (TPSA) is 52.2 Å². The van der Waals surface area contributed by atoms with Gasteiger partial charge in [-0.25, -0.2) is 10.0 Å². The Balaban J connectivity index is 1.82.